The van der Waals surface area contributed by atoms with Crippen LogP contribution in [0.4, 0.5) is 0 Å². The third-order valence-electron chi connectivity index (χ3n) is 5.24. The Morgan fingerprint density at radius 1 is 0.893 bits per heavy atom. The molecule has 1 saturated heterocycles. The van der Waals surface area contributed by atoms with E-state index in [0.717, 1.165) is 29.2 Å². The fourth-order valence-corrected chi connectivity index (χ4v) is 3.81. The van der Waals surface area contributed by atoms with E-state index < -0.39 is 0 Å². The quantitative estimate of drug-likeness (QED) is 0.712. The first-order valence-corrected chi connectivity index (χ1v) is 9.83. The second-order valence-corrected chi connectivity index (χ2v) is 7.51. The first-order chi connectivity index (χ1) is 13.6. The molecule has 142 valence electrons. The van der Waals surface area contributed by atoms with Crippen molar-refractivity contribution in [3.63, 3.8) is 0 Å². The van der Waals surface area contributed by atoms with Crippen LogP contribution in [0.25, 0.3) is 10.8 Å². The van der Waals surface area contributed by atoms with Gasteiger partial charge in [0.2, 0.25) is 0 Å². The molecule has 1 aliphatic rings. The summed E-state index contributed by atoms with van der Waals surface area (Å²) >= 11 is 5.87. The summed E-state index contributed by atoms with van der Waals surface area (Å²) in [6, 6.07) is 20.7. The number of nitrogens with one attached hydrogen (secondary N) is 1. The van der Waals surface area contributed by atoms with E-state index >= 15 is 0 Å². The van der Waals surface area contributed by atoms with E-state index in [4.69, 9.17) is 11.6 Å². The number of benzene rings is 3. The Kier molecular flexibility index (Phi) is 5.31. The molecule has 3 aromatic rings. The maximum atomic E-state index is 13.0. The highest BCUT2D eigenvalue weighted by atomic mass is 35.5. The van der Waals surface area contributed by atoms with Crippen molar-refractivity contribution >= 4 is 34.2 Å². The highest BCUT2D eigenvalue weighted by Crippen LogP contribution is 2.22. The number of hydrogen-bond donors (Lipinski definition) is 1. The number of piperidine rings is 1. The number of halogens is 1. The molecular formula is C23H21ClN2O2. The number of amides is 2. The van der Waals surface area contributed by atoms with Crippen molar-refractivity contribution in [2.45, 2.75) is 18.9 Å². The van der Waals surface area contributed by atoms with Crippen LogP contribution in [0.5, 0.6) is 0 Å². The van der Waals surface area contributed by atoms with Gasteiger partial charge in [-0.3, -0.25) is 9.59 Å². The van der Waals surface area contributed by atoms with Gasteiger partial charge in [0.05, 0.1) is 0 Å². The minimum atomic E-state index is -0.101. The lowest BCUT2D eigenvalue weighted by molar-refractivity contribution is 0.0700. The molecule has 1 aliphatic heterocycles. The van der Waals surface area contributed by atoms with E-state index in [1.807, 2.05) is 47.4 Å². The standard InChI is InChI=1S/C23H21ClN2O2/c24-18-10-8-17(9-11-18)22(27)25-19-12-14-26(15-13-19)23(28)21-7-3-5-16-4-1-2-6-20(16)21/h1-11,19H,12-15H2,(H,25,27). The van der Waals surface area contributed by atoms with Crippen LogP contribution in [-0.4, -0.2) is 35.8 Å². The van der Waals surface area contributed by atoms with Crippen molar-refractivity contribution in [3.05, 3.63) is 82.9 Å². The predicted octanol–water partition coefficient (Wildman–Crippen LogP) is 4.53. The minimum absolute atomic E-state index is 0.0549. The molecule has 0 radical (unpaired) electrons. The van der Waals surface area contributed by atoms with Gasteiger partial charge in [0, 0.05) is 35.3 Å². The average molecular weight is 393 g/mol. The van der Waals surface area contributed by atoms with Gasteiger partial charge in [-0.05, 0) is 53.9 Å². The van der Waals surface area contributed by atoms with Crippen molar-refractivity contribution in [3.8, 4) is 0 Å². The van der Waals surface area contributed by atoms with Crippen LogP contribution in [0.15, 0.2) is 66.7 Å². The van der Waals surface area contributed by atoms with Crippen LogP contribution >= 0.6 is 11.6 Å². The van der Waals surface area contributed by atoms with Gasteiger partial charge in [-0.2, -0.15) is 0 Å². The van der Waals surface area contributed by atoms with Gasteiger partial charge in [-0.1, -0.05) is 48.0 Å². The van der Waals surface area contributed by atoms with Gasteiger partial charge >= 0.3 is 0 Å². The van der Waals surface area contributed by atoms with E-state index in [-0.39, 0.29) is 17.9 Å². The van der Waals surface area contributed by atoms with E-state index in [9.17, 15) is 9.59 Å². The van der Waals surface area contributed by atoms with Crippen LogP contribution in [0.1, 0.15) is 33.6 Å². The second-order valence-electron chi connectivity index (χ2n) is 7.07. The molecule has 0 aromatic heterocycles. The Balaban J connectivity index is 1.39. The lowest BCUT2D eigenvalue weighted by Crippen LogP contribution is -2.46. The number of fused-ring (bicyclic) bond motifs is 1. The third-order valence-corrected chi connectivity index (χ3v) is 5.50. The molecule has 0 unspecified atom stereocenters. The molecule has 0 atom stereocenters. The summed E-state index contributed by atoms with van der Waals surface area (Å²) in [6.07, 6.45) is 1.49. The van der Waals surface area contributed by atoms with Crippen LogP contribution in [0.3, 0.4) is 0 Å². The predicted molar refractivity (Wildman–Crippen MR) is 112 cm³/mol. The summed E-state index contributed by atoms with van der Waals surface area (Å²) in [5.41, 5.74) is 1.33. The van der Waals surface area contributed by atoms with Gasteiger partial charge in [0.15, 0.2) is 0 Å². The number of likely N-dealkylation sites (tertiary alicyclic amines) is 1. The van der Waals surface area contributed by atoms with Gasteiger partial charge in [0.1, 0.15) is 0 Å². The Morgan fingerprint density at radius 2 is 1.57 bits per heavy atom. The molecule has 0 saturated carbocycles. The summed E-state index contributed by atoms with van der Waals surface area (Å²) < 4.78 is 0. The smallest absolute Gasteiger partial charge is 0.254 e. The highest BCUT2D eigenvalue weighted by molar-refractivity contribution is 6.30. The summed E-state index contributed by atoms with van der Waals surface area (Å²) in [5.74, 6) is -0.0465. The number of nitrogens with zero attached hydrogens (tertiary/aromatic N) is 1. The maximum Gasteiger partial charge on any atom is 0.254 e. The third kappa shape index (κ3) is 3.87. The molecule has 0 spiro atoms. The van der Waals surface area contributed by atoms with Crippen molar-refractivity contribution in [2.75, 3.05) is 13.1 Å². The number of carbonyl (C=O) groups is 2. The Hall–Kier alpha value is -2.85. The highest BCUT2D eigenvalue weighted by Gasteiger charge is 2.25. The molecule has 0 bridgehead atoms. The van der Waals surface area contributed by atoms with Crippen molar-refractivity contribution < 1.29 is 9.59 Å². The summed E-state index contributed by atoms with van der Waals surface area (Å²) in [7, 11) is 0. The maximum absolute atomic E-state index is 13.0. The van der Waals surface area contributed by atoms with Crippen molar-refractivity contribution in [1.82, 2.24) is 10.2 Å². The summed E-state index contributed by atoms with van der Waals surface area (Å²) in [5, 5.41) is 5.72. The van der Waals surface area contributed by atoms with Gasteiger partial charge < -0.3 is 10.2 Å². The monoisotopic (exact) mass is 392 g/mol. The molecule has 0 aliphatic carbocycles. The molecular weight excluding hydrogens is 372 g/mol. The first kappa shape index (κ1) is 18.5. The van der Waals surface area contributed by atoms with E-state index in [1.165, 1.54) is 0 Å². The normalized spacial score (nSPS) is 14.8. The first-order valence-electron chi connectivity index (χ1n) is 9.45. The fourth-order valence-electron chi connectivity index (χ4n) is 3.68. The Bertz CT molecular complexity index is 1000. The number of hydrogen-bond acceptors (Lipinski definition) is 2. The van der Waals surface area contributed by atoms with Crippen LogP contribution in [0.2, 0.25) is 5.02 Å². The molecule has 2 amide bonds. The van der Waals surface area contributed by atoms with Crippen LogP contribution in [-0.2, 0) is 0 Å². The van der Waals surface area contributed by atoms with Gasteiger partial charge in [0.25, 0.3) is 11.8 Å². The molecule has 1 fully saturated rings. The zero-order valence-corrected chi connectivity index (χ0v) is 16.2. The van der Waals surface area contributed by atoms with E-state index in [1.54, 1.807) is 24.3 Å². The fraction of sp³-hybridized carbons (Fsp3) is 0.217. The Labute approximate surface area is 169 Å². The zero-order chi connectivity index (χ0) is 19.5. The minimum Gasteiger partial charge on any atom is -0.349 e. The summed E-state index contributed by atoms with van der Waals surface area (Å²) in [4.78, 5) is 27.3. The molecule has 3 aromatic carbocycles. The molecule has 5 heteroatoms. The largest absolute Gasteiger partial charge is 0.349 e. The van der Waals surface area contributed by atoms with E-state index in [0.29, 0.717) is 23.7 Å². The molecule has 28 heavy (non-hydrogen) atoms. The molecule has 1 heterocycles. The van der Waals surface area contributed by atoms with Gasteiger partial charge in [-0.25, -0.2) is 0 Å². The topological polar surface area (TPSA) is 49.4 Å². The number of rotatable bonds is 3. The average Bonchev–Trinajstić information content (AvgIpc) is 2.74. The lowest BCUT2D eigenvalue weighted by Gasteiger charge is -2.32. The number of carbonyl (C=O) groups excluding carboxylic acids is 2. The van der Waals surface area contributed by atoms with Crippen molar-refractivity contribution in [1.29, 1.82) is 0 Å². The zero-order valence-electron chi connectivity index (χ0n) is 15.4. The molecule has 4 rings (SSSR count). The Morgan fingerprint density at radius 3 is 2.32 bits per heavy atom. The summed E-state index contributed by atoms with van der Waals surface area (Å²) in [6.45, 7) is 1.27. The SMILES string of the molecule is O=C(NC1CCN(C(=O)c2cccc3ccccc23)CC1)c1ccc(Cl)cc1. The van der Waals surface area contributed by atoms with Crippen LogP contribution in [0, 0.1) is 0 Å². The van der Waals surface area contributed by atoms with Crippen LogP contribution < -0.4 is 5.32 Å². The van der Waals surface area contributed by atoms with E-state index in [2.05, 4.69) is 5.32 Å². The second kappa shape index (κ2) is 8.03. The lowest BCUT2D eigenvalue weighted by atomic mass is 10.0. The molecule has 1 N–H and O–H groups in total. The molecule has 4 nitrogen and oxygen atoms in total. The van der Waals surface area contributed by atoms with Gasteiger partial charge in [-0.15, -0.1) is 0 Å². The van der Waals surface area contributed by atoms with Crippen molar-refractivity contribution in [2.24, 2.45) is 0 Å².